The summed E-state index contributed by atoms with van der Waals surface area (Å²) in [5, 5.41) is 3.67. The van der Waals surface area contributed by atoms with Crippen molar-refractivity contribution < 1.29 is 19.0 Å². The molecule has 32 heavy (non-hydrogen) atoms. The smallest absolute Gasteiger partial charge is 0.263 e. The molecule has 8 heteroatoms. The molecule has 0 atom stereocenters. The van der Waals surface area contributed by atoms with Crippen molar-refractivity contribution in [2.24, 2.45) is 0 Å². The van der Waals surface area contributed by atoms with Crippen molar-refractivity contribution in [2.45, 2.75) is 6.54 Å². The first-order chi connectivity index (χ1) is 15.5. The molecule has 0 fully saturated rings. The maximum Gasteiger partial charge on any atom is 0.263 e. The van der Waals surface area contributed by atoms with Gasteiger partial charge in [0.05, 0.1) is 32.7 Å². The molecule has 4 aromatic rings. The zero-order valence-electron chi connectivity index (χ0n) is 18.0. The lowest BCUT2D eigenvalue weighted by atomic mass is 10.1. The molecule has 0 unspecified atom stereocenters. The Morgan fingerprint density at radius 3 is 2.47 bits per heavy atom. The summed E-state index contributed by atoms with van der Waals surface area (Å²) in [6.07, 6.45) is 0. The summed E-state index contributed by atoms with van der Waals surface area (Å²) in [5.74, 6) is 1.74. The van der Waals surface area contributed by atoms with Gasteiger partial charge in [-0.1, -0.05) is 18.2 Å². The number of thiophene rings is 1. The third-order valence-electron chi connectivity index (χ3n) is 5.11. The van der Waals surface area contributed by atoms with Crippen LogP contribution in [0, 0.1) is 0 Å². The van der Waals surface area contributed by atoms with Crippen molar-refractivity contribution in [3.8, 4) is 28.5 Å². The summed E-state index contributed by atoms with van der Waals surface area (Å²) < 4.78 is 16.0. The number of hydrogen-bond acceptors (Lipinski definition) is 7. The average molecular weight is 450 g/mol. The van der Waals surface area contributed by atoms with E-state index in [4.69, 9.17) is 24.9 Å². The number of nitrogens with zero attached hydrogens (tertiary/aromatic N) is 1. The van der Waals surface area contributed by atoms with Gasteiger partial charge in [0.25, 0.3) is 5.91 Å². The minimum Gasteiger partial charge on any atom is -0.496 e. The number of pyridine rings is 1. The van der Waals surface area contributed by atoms with Crippen molar-refractivity contribution in [2.75, 3.05) is 27.1 Å². The Bertz CT molecular complexity index is 1290. The van der Waals surface area contributed by atoms with Crippen molar-refractivity contribution in [1.82, 2.24) is 10.3 Å². The predicted octanol–water partition coefficient (Wildman–Crippen LogP) is 4.50. The molecular weight excluding hydrogens is 426 g/mol. The van der Waals surface area contributed by atoms with Crippen LogP contribution < -0.4 is 25.3 Å². The number of nitrogens with two attached hydrogens (primary N) is 1. The number of fused-ring (bicyclic) bond motifs is 1. The Balaban J connectivity index is 1.61. The Kier molecular flexibility index (Phi) is 6.13. The van der Waals surface area contributed by atoms with Crippen LogP contribution in [0.1, 0.15) is 15.2 Å². The summed E-state index contributed by atoms with van der Waals surface area (Å²) in [6, 6.07) is 16.9. The van der Waals surface area contributed by atoms with E-state index in [1.165, 1.54) is 11.3 Å². The van der Waals surface area contributed by atoms with E-state index in [1.807, 2.05) is 54.6 Å². The molecule has 2 heterocycles. The summed E-state index contributed by atoms with van der Waals surface area (Å²) in [4.78, 5) is 18.7. The Morgan fingerprint density at radius 1 is 0.969 bits per heavy atom. The quantitative estimate of drug-likeness (QED) is 0.431. The lowest BCUT2D eigenvalue weighted by Gasteiger charge is -2.09. The number of hydrogen-bond donors (Lipinski definition) is 2. The monoisotopic (exact) mass is 449 g/mol. The minimum atomic E-state index is -0.246. The molecule has 2 aromatic heterocycles. The number of benzene rings is 2. The van der Waals surface area contributed by atoms with E-state index >= 15 is 0 Å². The highest BCUT2D eigenvalue weighted by atomic mass is 32.1. The number of amides is 1. The van der Waals surface area contributed by atoms with Crippen LogP contribution in [-0.4, -0.2) is 32.2 Å². The number of ether oxygens (including phenoxy) is 3. The van der Waals surface area contributed by atoms with Gasteiger partial charge in [-0.3, -0.25) is 4.79 Å². The van der Waals surface area contributed by atoms with Crippen LogP contribution >= 0.6 is 11.3 Å². The zero-order valence-corrected chi connectivity index (χ0v) is 18.8. The Hall–Kier alpha value is -3.78. The summed E-state index contributed by atoms with van der Waals surface area (Å²) in [7, 11) is 4.79. The predicted molar refractivity (Wildman–Crippen MR) is 127 cm³/mol. The number of para-hydroxylation sites is 1. The second-order valence-corrected chi connectivity index (χ2v) is 7.96. The number of nitrogens with one attached hydrogen (secondary N) is 1. The fourth-order valence-corrected chi connectivity index (χ4v) is 4.44. The van der Waals surface area contributed by atoms with Crippen molar-refractivity contribution >= 4 is 33.1 Å². The fourth-order valence-electron chi connectivity index (χ4n) is 3.43. The van der Waals surface area contributed by atoms with Crippen LogP contribution in [0.25, 0.3) is 21.5 Å². The molecule has 1 amide bonds. The number of rotatable bonds is 7. The number of carbonyl (C=O) groups is 1. The second kappa shape index (κ2) is 9.15. The first-order valence-corrected chi connectivity index (χ1v) is 10.7. The van der Waals surface area contributed by atoms with Gasteiger partial charge in [0, 0.05) is 23.1 Å². The van der Waals surface area contributed by atoms with E-state index in [2.05, 4.69) is 5.32 Å². The highest BCUT2D eigenvalue weighted by molar-refractivity contribution is 7.21. The van der Waals surface area contributed by atoms with Gasteiger partial charge in [0.2, 0.25) is 0 Å². The number of carbonyl (C=O) groups excluding carboxylic acids is 1. The van der Waals surface area contributed by atoms with E-state index in [9.17, 15) is 4.79 Å². The Labute approximate surface area is 189 Å². The molecule has 0 radical (unpaired) electrons. The SMILES string of the molecule is COc1ccccc1CNC(=O)c1sc2nc(-c3ccc(OC)c(OC)c3)ccc2c1N. The summed E-state index contributed by atoms with van der Waals surface area (Å²) >= 11 is 1.27. The van der Waals surface area contributed by atoms with Crippen LogP contribution in [0.2, 0.25) is 0 Å². The highest BCUT2D eigenvalue weighted by Gasteiger charge is 2.18. The van der Waals surface area contributed by atoms with Crippen molar-refractivity contribution in [1.29, 1.82) is 0 Å². The third-order valence-corrected chi connectivity index (χ3v) is 6.23. The van der Waals surface area contributed by atoms with Gasteiger partial charge in [0.1, 0.15) is 15.5 Å². The molecule has 4 rings (SSSR count). The van der Waals surface area contributed by atoms with E-state index in [0.29, 0.717) is 33.4 Å². The van der Waals surface area contributed by atoms with E-state index in [-0.39, 0.29) is 5.91 Å². The molecule has 0 bridgehead atoms. The number of nitrogen functional groups attached to an aromatic ring is 1. The van der Waals surface area contributed by atoms with E-state index < -0.39 is 0 Å². The van der Waals surface area contributed by atoms with Gasteiger partial charge in [0.15, 0.2) is 11.5 Å². The largest absolute Gasteiger partial charge is 0.496 e. The van der Waals surface area contributed by atoms with Crippen LogP contribution in [-0.2, 0) is 6.54 Å². The number of aromatic nitrogens is 1. The lowest BCUT2D eigenvalue weighted by Crippen LogP contribution is -2.22. The highest BCUT2D eigenvalue weighted by Crippen LogP contribution is 2.36. The topological polar surface area (TPSA) is 95.7 Å². The average Bonchev–Trinajstić information content (AvgIpc) is 3.17. The van der Waals surface area contributed by atoms with Gasteiger partial charge in [-0.05, 0) is 36.4 Å². The summed E-state index contributed by atoms with van der Waals surface area (Å²) in [6.45, 7) is 0.334. The normalized spacial score (nSPS) is 10.7. The van der Waals surface area contributed by atoms with Gasteiger partial charge < -0.3 is 25.3 Å². The molecule has 0 aliphatic carbocycles. The van der Waals surface area contributed by atoms with Crippen LogP contribution in [0.15, 0.2) is 54.6 Å². The van der Waals surface area contributed by atoms with Gasteiger partial charge in [-0.25, -0.2) is 4.98 Å². The molecule has 0 saturated heterocycles. The van der Waals surface area contributed by atoms with Gasteiger partial charge in [-0.2, -0.15) is 0 Å². The fraction of sp³-hybridized carbons (Fsp3) is 0.167. The molecule has 0 aliphatic heterocycles. The van der Waals surface area contributed by atoms with Gasteiger partial charge in [-0.15, -0.1) is 11.3 Å². The molecule has 0 saturated carbocycles. The maximum absolute atomic E-state index is 12.8. The lowest BCUT2D eigenvalue weighted by molar-refractivity contribution is 0.0955. The van der Waals surface area contributed by atoms with Crippen molar-refractivity contribution in [3.63, 3.8) is 0 Å². The number of anilines is 1. The van der Waals surface area contributed by atoms with E-state index in [0.717, 1.165) is 28.0 Å². The van der Waals surface area contributed by atoms with Crippen LogP contribution in [0.3, 0.4) is 0 Å². The van der Waals surface area contributed by atoms with Crippen molar-refractivity contribution in [3.05, 3.63) is 65.0 Å². The molecular formula is C24H23N3O4S. The second-order valence-electron chi connectivity index (χ2n) is 6.96. The minimum absolute atomic E-state index is 0.246. The molecule has 2 aromatic carbocycles. The first kappa shape index (κ1) is 21.5. The third kappa shape index (κ3) is 4.04. The molecule has 164 valence electrons. The molecule has 3 N–H and O–H groups in total. The molecule has 7 nitrogen and oxygen atoms in total. The van der Waals surface area contributed by atoms with Crippen LogP contribution in [0.5, 0.6) is 17.2 Å². The maximum atomic E-state index is 12.8. The standard InChI is InChI=1S/C24H23N3O4S/c1-29-18-7-5-4-6-15(18)13-26-23(28)22-21(25)16-9-10-17(27-24(16)32-22)14-8-11-19(30-2)20(12-14)31-3/h4-12H,13,25H2,1-3H3,(H,26,28). The first-order valence-electron chi connectivity index (χ1n) is 9.87. The number of methoxy groups -OCH3 is 3. The molecule has 0 aliphatic rings. The Morgan fingerprint density at radius 2 is 1.72 bits per heavy atom. The zero-order chi connectivity index (χ0) is 22.7. The van der Waals surface area contributed by atoms with Crippen LogP contribution in [0.4, 0.5) is 5.69 Å². The summed E-state index contributed by atoms with van der Waals surface area (Å²) in [5.41, 5.74) is 9.22. The van der Waals surface area contributed by atoms with E-state index in [1.54, 1.807) is 21.3 Å². The molecule has 0 spiro atoms. The van der Waals surface area contributed by atoms with Gasteiger partial charge >= 0.3 is 0 Å².